The topological polar surface area (TPSA) is 37.3 Å². The van der Waals surface area contributed by atoms with Gasteiger partial charge in [-0.1, -0.05) is 13.8 Å². The second kappa shape index (κ2) is 5.48. The van der Waals surface area contributed by atoms with Crippen LogP contribution >= 0.6 is 11.8 Å². The fraction of sp³-hybridized carbons (Fsp3) is 0.875. The average Bonchev–Trinajstić information content (AvgIpc) is 2.01. The van der Waals surface area contributed by atoms with Gasteiger partial charge >= 0.3 is 12.1 Å². The summed E-state index contributed by atoms with van der Waals surface area (Å²) in [6.07, 6.45) is -3.92. The van der Waals surface area contributed by atoms with Crippen LogP contribution in [0.25, 0.3) is 0 Å². The predicted octanol–water partition coefficient (Wildman–Crippen LogP) is 2.78. The Labute approximate surface area is 84.9 Å². The van der Waals surface area contributed by atoms with E-state index in [-0.39, 0.29) is 5.25 Å². The Bertz CT molecular complexity index is 194. The quantitative estimate of drug-likeness (QED) is 0.789. The molecule has 1 N–H and O–H groups in total. The zero-order chi connectivity index (χ0) is 11.4. The van der Waals surface area contributed by atoms with E-state index in [1.54, 1.807) is 6.92 Å². The Morgan fingerprint density at radius 2 is 2.00 bits per heavy atom. The van der Waals surface area contributed by atoms with Gasteiger partial charge in [0.2, 0.25) is 0 Å². The Morgan fingerprint density at radius 3 is 2.29 bits per heavy atom. The molecule has 0 heterocycles. The van der Waals surface area contributed by atoms with E-state index in [1.807, 2.05) is 6.92 Å². The van der Waals surface area contributed by atoms with Crippen molar-refractivity contribution in [3.05, 3.63) is 0 Å². The van der Waals surface area contributed by atoms with Gasteiger partial charge in [-0.3, -0.25) is 4.79 Å². The summed E-state index contributed by atoms with van der Waals surface area (Å²) in [5.74, 6) is -4.46. The van der Waals surface area contributed by atoms with Gasteiger partial charge in [0.1, 0.15) is 0 Å². The molecule has 0 saturated carbocycles. The lowest BCUT2D eigenvalue weighted by Gasteiger charge is -2.17. The minimum absolute atomic E-state index is 0.0548. The number of carboxylic acids is 1. The van der Waals surface area contributed by atoms with Crippen molar-refractivity contribution in [2.75, 3.05) is 5.75 Å². The highest BCUT2D eigenvalue weighted by Crippen LogP contribution is 2.30. The number of aliphatic carboxylic acids is 1. The summed E-state index contributed by atoms with van der Waals surface area (Å²) >= 11 is 1.04. The maximum absolute atomic E-state index is 12.1. The number of alkyl halides is 3. The molecular formula is C8H13F3O2S. The summed E-state index contributed by atoms with van der Waals surface area (Å²) in [6, 6.07) is 0. The zero-order valence-corrected chi connectivity index (χ0v) is 8.78. The Hall–Kier alpha value is -0.390. The standard InChI is InChI=1S/C8H13F3O2S/c1-3-5(2)14-4-6(7(12)13)8(9,10)11/h5-6H,3-4H2,1-2H3,(H,12,13). The van der Waals surface area contributed by atoms with Gasteiger partial charge in [0, 0.05) is 11.0 Å². The first-order valence-corrected chi connectivity index (χ1v) is 5.25. The predicted molar refractivity (Wildman–Crippen MR) is 49.4 cm³/mol. The van der Waals surface area contributed by atoms with E-state index >= 15 is 0 Å². The second-order valence-electron chi connectivity index (χ2n) is 2.98. The van der Waals surface area contributed by atoms with Crippen LogP contribution in [0.1, 0.15) is 20.3 Å². The van der Waals surface area contributed by atoms with Crippen LogP contribution in [0.4, 0.5) is 13.2 Å². The molecule has 6 heteroatoms. The molecule has 0 saturated heterocycles. The van der Waals surface area contributed by atoms with Gasteiger partial charge in [0.15, 0.2) is 5.92 Å². The number of halogens is 3. The molecular weight excluding hydrogens is 217 g/mol. The SMILES string of the molecule is CCC(C)SCC(C(=O)O)C(F)(F)F. The van der Waals surface area contributed by atoms with Crippen LogP contribution in [-0.4, -0.2) is 28.3 Å². The van der Waals surface area contributed by atoms with Crippen molar-refractivity contribution in [1.29, 1.82) is 0 Å². The average molecular weight is 230 g/mol. The molecule has 0 fully saturated rings. The lowest BCUT2D eigenvalue weighted by atomic mass is 10.2. The number of carbonyl (C=O) groups is 1. The zero-order valence-electron chi connectivity index (χ0n) is 7.97. The second-order valence-corrected chi connectivity index (χ2v) is 4.46. The fourth-order valence-electron chi connectivity index (χ4n) is 0.684. The molecule has 0 aromatic rings. The molecule has 0 radical (unpaired) electrons. The molecule has 2 unspecified atom stereocenters. The number of thioether (sulfide) groups is 1. The fourth-order valence-corrected chi connectivity index (χ4v) is 1.77. The van der Waals surface area contributed by atoms with E-state index in [0.29, 0.717) is 0 Å². The molecule has 0 aromatic heterocycles. The van der Waals surface area contributed by atoms with Crippen molar-refractivity contribution >= 4 is 17.7 Å². The third kappa shape index (κ3) is 4.74. The van der Waals surface area contributed by atoms with Crippen LogP contribution in [0.5, 0.6) is 0 Å². The molecule has 2 atom stereocenters. The molecule has 2 nitrogen and oxygen atoms in total. The van der Waals surface area contributed by atoms with Crippen LogP contribution in [0.3, 0.4) is 0 Å². The minimum atomic E-state index is -4.65. The van der Waals surface area contributed by atoms with Gasteiger partial charge in [-0.2, -0.15) is 24.9 Å². The maximum atomic E-state index is 12.1. The van der Waals surface area contributed by atoms with Gasteiger partial charge in [-0.05, 0) is 6.42 Å². The molecule has 0 aliphatic rings. The summed E-state index contributed by atoms with van der Waals surface area (Å²) < 4.78 is 36.4. The highest BCUT2D eigenvalue weighted by Gasteiger charge is 2.44. The largest absolute Gasteiger partial charge is 0.481 e. The van der Waals surface area contributed by atoms with Crippen molar-refractivity contribution in [1.82, 2.24) is 0 Å². The molecule has 0 aliphatic heterocycles. The molecule has 0 bridgehead atoms. The smallest absolute Gasteiger partial charge is 0.403 e. The van der Waals surface area contributed by atoms with Gasteiger partial charge in [-0.25, -0.2) is 0 Å². The lowest BCUT2D eigenvalue weighted by molar-refractivity contribution is -0.188. The first-order chi connectivity index (χ1) is 6.29. The van der Waals surface area contributed by atoms with E-state index in [2.05, 4.69) is 0 Å². The Morgan fingerprint density at radius 1 is 1.50 bits per heavy atom. The van der Waals surface area contributed by atoms with E-state index in [0.717, 1.165) is 18.2 Å². The number of hydrogen-bond donors (Lipinski definition) is 1. The molecule has 0 spiro atoms. The molecule has 84 valence electrons. The third-order valence-corrected chi connectivity index (χ3v) is 3.24. The van der Waals surface area contributed by atoms with Crippen molar-refractivity contribution < 1.29 is 23.1 Å². The minimum Gasteiger partial charge on any atom is -0.481 e. The summed E-state index contributed by atoms with van der Waals surface area (Å²) in [7, 11) is 0. The van der Waals surface area contributed by atoms with E-state index in [9.17, 15) is 18.0 Å². The van der Waals surface area contributed by atoms with Gasteiger partial charge in [0.05, 0.1) is 0 Å². The maximum Gasteiger partial charge on any atom is 0.403 e. The van der Waals surface area contributed by atoms with Crippen LogP contribution in [-0.2, 0) is 4.79 Å². The number of rotatable bonds is 5. The number of carboxylic acid groups (broad SMARTS) is 1. The Balaban J connectivity index is 4.19. The van der Waals surface area contributed by atoms with Crippen LogP contribution in [0.15, 0.2) is 0 Å². The normalized spacial score (nSPS) is 16.4. The molecule has 0 aromatic carbocycles. The summed E-state index contributed by atoms with van der Waals surface area (Å²) in [6.45, 7) is 3.63. The molecule has 0 amide bonds. The number of hydrogen-bond acceptors (Lipinski definition) is 2. The van der Waals surface area contributed by atoms with Crippen molar-refractivity contribution in [3.63, 3.8) is 0 Å². The first kappa shape index (κ1) is 13.6. The summed E-state index contributed by atoms with van der Waals surface area (Å²) in [4.78, 5) is 10.3. The molecule has 14 heavy (non-hydrogen) atoms. The Kier molecular flexibility index (Phi) is 5.33. The van der Waals surface area contributed by atoms with Gasteiger partial charge in [0.25, 0.3) is 0 Å². The summed E-state index contributed by atoms with van der Waals surface area (Å²) in [5.41, 5.74) is 0. The lowest BCUT2D eigenvalue weighted by Crippen LogP contribution is -2.33. The van der Waals surface area contributed by atoms with Crippen molar-refractivity contribution in [2.24, 2.45) is 5.92 Å². The third-order valence-electron chi connectivity index (χ3n) is 1.82. The summed E-state index contributed by atoms with van der Waals surface area (Å²) in [5, 5.41) is 8.42. The van der Waals surface area contributed by atoms with E-state index in [1.165, 1.54) is 0 Å². The highest BCUT2D eigenvalue weighted by atomic mass is 32.2. The monoisotopic (exact) mass is 230 g/mol. The first-order valence-electron chi connectivity index (χ1n) is 4.20. The van der Waals surface area contributed by atoms with Crippen LogP contribution in [0.2, 0.25) is 0 Å². The van der Waals surface area contributed by atoms with Crippen molar-refractivity contribution in [2.45, 2.75) is 31.7 Å². The van der Waals surface area contributed by atoms with Gasteiger partial charge in [-0.15, -0.1) is 0 Å². The van der Waals surface area contributed by atoms with Crippen LogP contribution < -0.4 is 0 Å². The van der Waals surface area contributed by atoms with E-state index < -0.39 is 23.8 Å². The van der Waals surface area contributed by atoms with Crippen LogP contribution in [0, 0.1) is 5.92 Å². The molecule has 0 rings (SSSR count). The highest BCUT2D eigenvalue weighted by molar-refractivity contribution is 7.99. The van der Waals surface area contributed by atoms with Crippen molar-refractivity contribution in [3.8, 4) is 0 Å². The molecule has 0 aliphatic carbocycles. The van der Waals surface area contributed by atoms with Gasteiger partial charge < -0.3 is 5.11 Å². The van der Waals surface area contributed by atoms with E-state index in [4.69, 9.17) is 5.11 Å².